The van der Waals surface area contributed by atoms with E-state index in [2.05, 4.69) is 15.3 Å². The minimum atomic E-state index is -0.429. The van der Waals surface area contributed by atoms with E-state index in [1.54, 1.807) is 6.92 Å². The summed E-state index contributed by atoms with van der Waals surface area (Å²) >= 11 is 0. The van der Waals surface area contributed by atoms with Gasteiger partial charge in [0, 0.05) is 11.7 Å². The van der Waals surface area contributed by atoms with E-state index in [9.17, 15) is 4.79 Å². The zero-order valence-electron chi connectivity index (χ0n) is 10.1. The predicted molar refractivity (Wildman–Crippen MR) is 61.4 cm³/mol. The number of nitrogens with one attached hydrogen (secondary N) is 1. The second-order valence-corrected chi connectivity index (χ2v) is 4.36. The number of hydrogen-bond donors (Lipinski definition) is 1. The first-order chi connectivity index (χ1) is 7.42. The summed E-state index contributed by atoms with van der Waals surface area (Å²) in [5, 5.41) is 3.09. The Labute approximate surface area is 95.3 Å². The van der Waals surface area contributed by atoms with Crippen LogP contribution in [0.4, 0.5) is 5.95 Å². The quantitative estimate of drug-likeness (QED) is 0.792. The van der Waals surface area contributed by atoms with Crippen LogP contribution in [-0.4, -0.2) is 28.1 Å². The molecule has 1 aromatic rings. The van der Waals surface area contributed by atoms with Crippen LogP contribution in [0.25, 0.3) is 0 Å². The van der Waals surface area contributed by atoms with Crippen LogP contribution >= 0.6 is 0 Å². The number of carbonyl (C=O) groups is 1. The third-order valence-corrected chi connectivity index (χ3v) is 1.63. The van der Waals surface area contributed by atoms with Crippen molar-refractivity contribution >= 4 is 11.9 Å². The van der Waals surface area contributed by atoms with Gasteiger partial charge in [0.05, 0.1) is 6.61 Å². The van der Waals surface area contributed by atoms with Crippen LogP contribution in [0.3, 0.4) is 0 Å². The van der Waals surface area contributed by atoms with Gasteiger partial charge in [-0.3, -0.25) is 0 Å². The predicted octanol–water partition coefficient (Wildman–Crippen LogP) is 1.86. The van der Waals surface area contributed by atoms with Gasteiger partial charge < -0.3 is 10.1 Å². The molecule has 0 radical (unpaired) electrons. The monoisotopic (exact) mass is 223 g/mol. The first-order valence-electron chi connectivity index (χ1n) is 5.21. The third-order valence-electron chi connectivity index (χ3n) is 1.63. The van der Waals surface area contributed by atoms with Crippen molar-refractivity contribution in [2.75, 3.05) is 11.9 Å². The fraction of sp³-hybridized carbons (Fsp3) is 0.545. The lowest BCUT2D eigenvalue weighted by Gasteiger charge is -2.20. The van der Waals surface area contributed by atoms with Crippen molar-refractivity contribution in [2.45, 2.75) is 33.2 Å². The number of ether oxygens (including phenoxy) is 1. The van der Waals surface area contributed by atoms with Crippen molar-refractivity contribution in [3.63, 3.8) is 0 Å². The minimum absolute atomic E-state index is 0.146. The molecular weight excluding hydrogens is 206 g/mol. The van der Waals surface area contributed by atoms with Gasteiger partial charge in [-0.2, -0.15) is 0 Å². The number of hydrogen-bond acceptors (Lipinski definition) is 5. The van der Waals surface area contributed by atoms with Gasteiger partial charge in [0.25, 0.3) is 0 Å². The van der Waals surface area contributed by atoms with Crippen molar-refractivity contribution in [3.8, 4) is 0 Å². The van der Waals surface area contributed by atoms with Crippen LogP contribution in [0.2, 0.25) is 0 Å². The van der Waals surface area contributed by atoms with Gasteiger partial charge in [-0.1, -0.05) is 0 Å². The maximum absolute atomic E-state index is 11.4. The number of carbonyl (C=O) groups excluding carboxylic acids is 1. The molecule has 1 aromatic heterocycles. The Bertz CT molecular complexity index is 372. The molecule has 0 amide bonds. The molecule has 0 atom stereocenters. The summed E-state index contributed by atoms with van der Waals surface area (Å²) in [5.41, 5.74) is 0.122. The first kappa shape index (κ1) is 12.4. The highest BCUT2D eigenvalue weighted by molar-refractivity contribution is 5.87. The van der Waals surface area contributed by atoms with E-state index in [4.69, 9.17) is 4.74 Å². The van der Waals surface area contributed by atoms with E-state index < -0.39 is 5.97 Å². The smallest absolute Gasteiger partial charge is 0.357 e. The molecule has 5 nitrogen and oxygen atoms in total. The second-order valence-electron chi connectivity index (χ2n) is 4.36. The van der Waals surface area contributed by atoms with Gasteiger partial charge in [-0.25, -0.2) is 14.8 Å². The number of aromatic nitrogens is 2. The van der Waals surface area contributed by atoms with Crippen LogP contribution in [-0.2, 0) is 4.74 Å². The topological polar surface area (TPSA) is 64.1 Å². The molecule has 1 heterocycles. The Morgan fingerprint density at radius 2 is 2.19 bits per heavy atom. The Morgan fingerprint density at radius 1 is 1.50 bits per heavy atom. The number of esters is 1. The molecule has 16 heavy (non-hydrogen) atoms. The summed E-state index contributed by atoms with van der Waals surface area (Å²) in [6.07, 6.45) is 1.54. The molecule has 88 valence electrons. The van der Waals surface area contributed by atoms with Crippen LogP contribution in [0.5, 0.6) is 0 Å². The summed E-state index contributed by atoms with van der Waals surface area (Å²) in [7, 11) is 0. The molecule has 0 fully saturated rings. The van der Waals surface area contributed by atoms with E-state index in [0.29, 0.717) is 12.6 Å². The molecule has 0 spiro atoms. The van der Waals surface area contributed by atoms with Crippen LogP contribution in [0, 0.1) is 0 Å². The third kappa shape index (κ3) is 3.84. The fourth-order valence-corrected chi connectivity index (χ4v) is 1.07. The highest BCUT2D eigenvalue weighted by atomic mass is 16.5. The Morgan fingerprint density at radius 3 is 2.75 bits per heavy atom. The fourth-order valence-electron chi connectivity index (χ4n) is 1.07. The molecule has 0 aromatic carbocycles. The Balaban J connectivity index is 2.83. The second kappa shape index (κ2) is 4.92. The maximum Gasteiger partial charge on any atom is 0.357 e. The highest BCUT2D eigenvalue weighted by Crippen LogP contribution is 2.09. The Kier molecular flexibility index (Phi) is 3.82. The highest BCUT2D eigenvalue weighted by Gasteiger charge is 2.14. The summed E-state index contributed by atoms with van der Waals surface area (Å²) in [5.74, 6) is -0.0000813. The van der Waals surface area contributed by atoms with Gasteiger partial charge in [0.1, 0.15) is 0 Å². The van der Waals surface area contributed by atoms with Gasteiger partial charge in [0.15, 0.2) is 5.69 Å². The number of nitrogens with zero attached hydrogens (tertiary/aromatic N) is 2. The summed E-state index contributed by atoms with van der Waals surface area (Å²) < 4.78 is 4.86. The lowest BCUT2D eigenvalue weighted by molar-refractivity contribution is 0.0519. The standard InChI is InChI=1S/C11H17N3O2/c1-5-16-9(15)8-6-7-12-10(13-8)14-11(2,3)4/h6-7H,5H2,1-4H3,(H,12,13,14). The van der Waals surface area contributed by atoms with Gasteiger partial charge >= 0.3 is 5.97 Å². The molecule has 0 aliphatic carbocycles. The van der Waals surface area contributed by atoms with Crippen LogP contribution in [0.15, 0.2) is 12.3 Å². The lowest BCUT2D eigenvalue weighted by atomic mass is 10.1. The Hall–Kier alpha value is -1.65. The molecule has 0 aliphatic rings. The SMILES string of the molecule is CCOC(=O)c1ccnc(NC(C)(C)C)n1. The van der Waals surface area contributed by atoms with Gasteiger partial charge in [-0.15, -0.1) is 0 Å². The van der Waals surface area contributed by atoms with Crippen LogP contribution in [0.1, 0.15) is 38.2 Å². The molecule has 0 saturated heterocycles. The van der Waals surface area contributed by atoms with Gasteiger partial charge in [0.2, 0.25) is 5.95 Å². The zero-order valence-corrected chi connectivity index (χ0v) is 10.1. The summed E-state index contributed by atoms with van der Waals surface area (Å²) in [6, 6.07) is 1.53. The summed E-state index contributed by atoms with van der Waals surface area (Å²) in [6.45, 7) is 8.08. The average molecular weight is 223 g/mol. The van der Waals surface area contributed by atoms with Crippen molar-refractivity contribution in [1.82, 2.24) is 9.97 Å². The molecule has 0 unspecified atom stereocenters. The van der Waals surface area contributed by atoms with Crippen molar-refractivity contribution in [1.29, 1.82) is 0 Å². The van der Waals surface area contributed by atoms with E-state index in [-0.39, 0.29) is 11.2 Å². The van der Waals surface area contributed by atoms with Crippen LogP contribution < -0.4 is 5.32 Å². The zero-order chi connectivity index (χ0) is 12.2. The number of anilines is 1. The maximum atomic E-state index is 11.4. The molecule has 1 N–H and O–H groups in total. The van der Waals surface area contributed by atoms with E-state index >= 15 is 0 Å². The van der Waals surface area contributed by atoms with Crippen molar-refractivity contribution < 1.29 is 9.53 Å². The van der Waals surface area contributed by atoms with E-state index in [1.165, 1.54) is 12.3 Å². The molecule has 0 bridgehead atoms. The van der Waals surface area contributed by atoms with Gasteiger partial charge in [-0.05, 0) is 33.8 Å². The molecular formula is C11H17N3O2. The normalized spacial score (nSPS) is 11.0. The summed E-state index contributed by atoms with van der Waals surface area (Å²) in [4.78, 5) is 19.5. The van der Waals surface area contributed by atoms with E-state index in [1.807, 2.05) is 20.8 Å². The molecule has 0 saturated carbocycles. The lowest BCUT2D eigenvalue weighted by Crippen LogP contribution is -2.27. The average Bonchev–Trinajstić information content (AvgIpc) is 2.16. The van der Waals surface area contributed by atoms with Crippen molar-refractivity contribution in [3.05, 3.63) is 18.0 Å². The van der Waals surface area contributed by atoms with Crippen molar-refractivity contribution in [2.24, 2.45) is 0 Å². The van der Waals surface area contributed by atoms with E-state index in [0.717, 1.165) is 0 Å². The molecule has 0 aliphatic heterocycles. The molecule has 5 heteroatoms. The number of rotatable bonds is 3. The molecule has 1 rings (SSSR count). The first-order valence-corrected chi connectivity index (χ1v) is 5.21. The minimum Gasteiger partial charge on any atom is -0.461 e. The largest absolute Gasteiger partial charge is 0.461 e.